The minimum atomic E-state index is -0.155. The highest BCUT2D eigenvalue weighted by atomic mass is 19.1. The second kappa shape index (κ2) is 4.06. The average molecular weight is 223 g/mol. The van der Waals surface area contributed by atoms with Gasteiger partial charge in [-0.05, 0) is 30.2 Å². The first-order valence-corrected chi connectivity index (χ1v) is 5.57. The van der Waals surface area contributed by atoms with Crippen molar-refractivity contribution in [3.63, 3.8) is 0 Å². The fraction of sp³-hybridized carbons (Fsp3) is 0.538. The number of likely N-dealkylation sites (N-methyl/N-ethyl adjacent to an activating group) is 1. The first kappa shape index (κ1) is 11.4. The molecule has 1 heterocycles. The molecule has 0 saturated heterocycles. The molecular formula is C13H18FNO. The van der Waals surface area contributed by atoms with E-state index in [0.717, 1.165) is 24.2 Å². The fourth-order valence-electron chi connectivity index (χ4n) is 2.56. The summed E-state index contributed by atoms with van der Waals surface area (Å²) in [6, 6.07) is 5.05. The van der Waals surface area contributed by atoms with E-state index in [-0.39, 0.29) is 11.2 Å². The zero-order chi connectivity index (χ0) is 11.8. The minimum absolute atomic E-state index is 0.00218. The van der Waals surface area contributed by atoms with Crippen LogP contribution in [0, 0.1) is 5.82 Å². The molecule has 3 heteroatoms. The highest BCUT2D eigenvalue weighted by molar-refractivity contribution is 5.61. The van der Waals surface area contributed by atoms with Crippen molar-refractivity contribution >= 4 is 5.69 Å². The van der Waals surface area contributed by atoms with E-state index >= 15 is 0 Å². The molecule has 0 spiro atoms. The standard InChI is InChI=1S/C13H18FNO/c1-13(6-7-16-3)9-15(2)12-5-4-10(14)8-11(12)13/h4-5,8H,6-7,9H2,1-3H3. The van der Waals surface area contributed by atoms with E-state index in [1.54, 1.807) is 13.2 Å². The Balaban J connectivity index is 2.36. The smallest absolute Gasteiger partial charge is 0.123 e. The molecule has 1 unspecified atom stereocenters. The van der Waals surface area contributed by atoms with Gasteiger partial charge in [0.25, 0.3) is 0 Å². The van der Waals surface area contributed by atoms with Crippen molar-refractivity contribution in [3.05, 3.63) is 29.6 Å². The molecular weight excluding hydrogens is 205 g/mol. The van der Waals surface area contributed by atoms with Crippen LogP contribution < -0.4 is 4.90 Å². The highest BCUT2D eigenvalue weighted by Gasteiger charge is 2.37. The van der Waals surface area contributed by atoms with Gasteiger partial charge in [-0.2, -0.15) is 0 Å². The largest absolute Gasteiger partial charge is 0.385 e. The molecule has 1 atom stereocenters. The van der Waals surface area contributed by atoms with Crippen LogP contribution in [0.5, 0.6) is 0 Å². The molecule has 0 N–H and O–H groups in total. The van der Waals surface area contributed by atoms with Gasteiger partial charge in [-0.1, -0.05) is 6.92 Å². The number of rotatable bonds is 3. The molecule has 88 valence electrons. The Kier molecular flexibility index (Phi) is 2.89. The Morgan fingerprint density at radius 3 is 2.94 bits per heavy atom. The van der Waals surface area contributed by atoms with E-state index in [0.29, 0.717) is 6.61 Å². The van der Waals surface area contributed by atoms with Crippen LogP contribution in [-0.2, 0) is 10.2 Å². The lowest BCUT2D eigenvalue weighted by atomic mass is 9.81. The predicted molar refractivity (Wildman–Crippen MR) is 63.5 cm³/mol. The minimum Gasteiger partial charge on any atom is -0.385 e. The van der Waals surface area contributed by atoms with Crippen molar-refractivity contribution in [1.29, 1.82) is 0 Å². The summed E-state index contributed by atoms with van der Waals surface area (Å²) in [5.74, 6) is -0.155. The van der Waals surface area contributed by atoms with Crippen molar-refractivity contribution in [2.75, 3.05) is 32.2 Å². The van der Waals surface area contributed by atoms with Gasteiger partial charge in [0.15, 0.2) is 0 Å². The molecule has 0 amide bonds. The molecule has 2 rings (SSSR count). The van der Waals surface area contributed by atoms with Crippen LogP contribution in [0.3, 0.4) is 0 Å². The number of hydrogen-bond donors (Lipinski definition) is 0. The van der Waals surface area contributed by atoms with E-state index in [4.69, 9.17) is 4.74 Å². The number of benzene rings is 1. The Hall–Kier alpha value is -1.09. The van der Waals surface area contributed by atoms with Crippen molar-refractivity contribution in [2.24, 2.45) is 0 Å². The summed E-state index contributed by atoms with van der Waals surface area (Å²) in [5, 5.41) is 0. The zero-order valence-electron chi connectivity index (χ0n) is 10.1. The molecule has 2 nitrogen and oxygen atoms in total. The summed E-state index contributed by atoms with van der Waals surface area (Å²) in [4.78, 5) is 2.18. The quantitative estimate of drug-likeness (QED) is 0.781. The molecule has 16 heavy (non-hydrogen) atoms. The normalized spacial score (nSPS) is 23.6. The topological polar surface area (TPSA) is 12.5 Å². The van der Waals surface area contributed by atoms with E-state index in [1.165, 1.54) is 6.07 Å². The van der Waals surface area contributed by atoms with Crippen molar-refractivity contribution in [1.82, 2.24) is 0 Å². The van der Waals surface area contributed by atoms with Gasteiger partial charge in [0.1, 0.15) is 5.82 Å². The van der Waals surface area contributed by atoms with Crippen LogP contribution in [0.2, 0.25) is 0 Å². The maximum Gasteiger partial charge on any atom is 0.123 e. The van der Waals surface area contributed by atoms with Crippen molar-refractivity contribution in [3.8, 4) is 0 Å². The molecule has 0 aliphatic carbocycles. The number of anilines is 1. The molecule has 0 radical (unpaired) electrons. The van der Waals surface area contributed by atoms with Gasteiger partial charge in [0.2, 0.25) is 0 Å². The summed E-state index contributed by atoms with van der Waals surface area (Å²) in [6.07, 6.45) is 0.921. The maximum atomic E-state index is 13.3. The predicted octanol–water partition coefficient (Wildman–Crippen LogP) is 2.57. The zero-order valence-corrected chi connectivity index (χ0v) is 10.1. The van der Waals surface area contributed by atoms with Crippen molar-refractivity contribution < 1.29 is 9.13 Å². The van der Waals surface area contributed by atoms with Crippen LogP contribution in [0.25, 0.3) is 0 Å². The van der Waals surface area contributed by atoms with Crippen LogP contribution in [0.1, 0.15) is 18.9 Å². The molecule has 0 aromatic heterocycles. The van der Waals surface area contributed by atoms with Gasteiger partial charge in [-0.25, -0.2) is 4.39 Å². The SMILES string of the molecule is COCCC1(C)CN(C)c2ccc(F)cc21. The lowest BCUT2D eigenvalue weighted by Crippen LogP contribution is -2.29. The third-order valence-electron chi connectivity index (χ3n) is 3.46. The summed E-state index contributed by atoms with van der Waals surface area (Å²) < 4.78 is 18.4. The van der Waals surface area contributed by atoms with Crippen LogP contribution in [-0.4, -0.2) is 27.3 Å². The second-order valence-electron chi connectivity index (χ2n) is 4.82. The Morgan fingerprint density at radius 1 is 1.50 bits per heavy atom. The second-order valence-corrected chi connectivity index (χ2v) is 4.82. The Bertz CT molecular complexity index is 394. The highest BCUT2D eigenvalue weighted by Crippen LogP contribution is 2.42. The third-order valence-corrected chi connectivity index (χ3v) is 3.46. The summed E-state index contributed by atoms with van der Waals surface area (Å²) in [7, 11) is 3.75. The van der Waals surface area contributed by atoms with Gasteiger partial charge >= 0.3 is 0 Å². The molecule has 0 bridgehead atoms. The lowest BCUT2D eigenvalue weighted by Gasteiger charge is -2.24. The number of methoxy groups -OCH3 is 1. The number of halogens is 1. The maximum absolute atomic E-state index is 13.3. The lowest BCUT2D eigenvalue weighted by molar-refractivity contribution is 0.174. The molecule has 1 aliphatic rings. The fourth-order valence-corrected chi connectivity index (χ4v) is 2.56. The van der Waals surface area contributed by atoms with Gasteiger partial charge in [-0.3, -0.25) is 0 Å². The summed E-state index contributed by atoms with van der Waals surface area (Å²) in [5.41, 5.74) is 2.24. The van der Waals surface area contributed by atoms with Gasteiger partial charge in [0.05, 0.1) is 0 Å². The Morgan fingerprint density at radius 2 is 2.25 bits per heavy atom. The Labute approximate surface area is 96.0 Å². The van der Waals surface area contributed by atoms with Crippen LogP contribution in [0.15, 0.2) is 18.2 Å². The first-order valence-electron chi connectivity index (χ1n) is 5.57. The van der Waals surface area contributed by atoms with Gasteiger partial charge in [0, 0.05) is 38.4 Å². The van der Waals surface area contributed by atoms with Crippen LogP contribution >= 0.6 is 0 Å². The summed E-state index contributed by atoms with van der Waals surface area (Å²) in [6.45, 7) is 3.81. The van der Waals surface area contributed by atoms with Gasteiger partial charge < -0.3 is 9.64 Å². The number of nitrogens with zero attached hydrogens (tertiary/aromatic N) is 1. The van der Waals surface area contributed by atoms with E-state index in [2.05, 4.69) is 18.9 Å². The monoisotopic (exact) mass is 223 g/mol. The van der Waals surface area contributed by atoms with Gasteiger partial charge in [-0.15, -0.1) is 0 Å². The number of ether oxygens (including phenoxy) is 1. The van der Waals surface area contributed by atoms with E-state index < -0.39 is 0 Å². The average Bonchev–Trinajstić information content (AvgIpc) is 2.49. The number of fused-ring (bicyclic) bond motifs is 1. The van der Waals surface area contributed by atoms with E-state index in [1.807, 2.05) is 6.07 Å². The molecule has 0 fully saturated rings. The molecule has 0 saturated carbocycles. The molecule has 1 aromatic rings. The van der Waals surface area contributed by atoms with E-state index in [9.17, 15) is 4.39 Å². The molecule has 1 aliphatic heterocycles. The molecule has 1 aromatic carbocycles. The third kappa shape index (κ3) is 1.80. The first-order chi connectivity index (χ1) is 7.57. The van der Waals surface area contributed by atoms with Crippen molar-refractivity contribution in [2.45, 2.75) is 18.8 Å². The van der Waals surface area contributed by atoms with Crippen LogP contribution in [0.4, 0.5) is 10.1 Å². The number of hydrogen-bond acceptors (Lipinski definition) is 2. The summed E-state index contributed by atoms with van der Waals surface area (Å²) >= 11 is 0.